The van der Waals surface area contributed by atoms with Crippen LogP contribution in [0.2, 0.25) is 5.02 Å². The maximum atomic E-state index is 13.1. The quantitative estimate of drug-likeness (QED) is 0.860. The van der Waals surface area contributed by atoms with Crippen molar-refractivity contribution in [1.29, 1.82) is 0 Å². The normalized spacial score (nSPS) is 11.0. The summed E-state index contributed by atoms with van der Waals surface area (Å²) in [6.45, 7) is 3.76. The highest BCUT2D eigenvalue weighted by atomic mass is 35.5. The Morgan fingerprint density at radius 3 is 2.39 bits per heavy atom. The second-order valence-corrected chi connectivity index (χ2v) is 5.97. The fourth-order valence-corrected chi connectivity index (χ4v) is 2.28. The lowest BCUT2D eigenvalue weighted by atomic mass is 9.94. The summed E-state index contributed by atoms with van der Waals surface area (Å²) in [4.78, 5) is 12.1. The Balaban J connectivity index is 2.06. The first-order chi connectivity index (χ1) is 10.8. The molecule has 0 radical (unpaired) electrons. The number of halogens is 2. The van der Waals surface area contributed by atoms with Crippen LogP contribution in [0.15, 0.2) is 42.5 Å². The highest BCUT2D eigenvalue weighted by molar-refractivity contribution is 6.31. The number of benzene rings is 2. The maximum Gasteiger partial charge on any atom is 0.319 e. The van der Waals surface area contributed by atoms with E-state index in [2.05, 4.69) is 10.6 Å². The lowest BCUT2D eigenvalue weighted by molar-refractivity contribution is 0.242. The van der Waals surface area contributed by atoms with E-state index in [1.54, 1.807) is 7.11 Å². The molecule has 0 bridgehead atoms. The van der Waals surface area contributed by atoms with Crippen molar-refractivity contribution in [3.8, 4) is 5.75 Å². The molecule has 23 heavy (non-hydrogen) atoms. The van der Waals surface area contributed by atoms with Gasteiger partial charge in [0, 0.05) is 5.69 Å². The largest absolute Gasteiger partial charge is 0.497 e. The van der Waals surface area contributed by atoms with Crippen molar-refractivity contribution in [3.05, 3.63) is 58.9 Å². The summed E-state index contributed by atoms with van der Waals surface area (Å²) in [5, 5.41) is 5.45. The third-order valence-electron chi connectivity index (χ3n) is 3.42. The number of rotatable bonds is 4. The zero-order valence-electron chi connectivity index (χ0n) is 13.1. The molecule has 4 nitrogen and oxygen atoms in total. The predicted molar refractivity (Wildman–Crippen MR) is 89.6 cm³/mol. The molecule has 0 heterocycles. The van der Waals surface area contributed by atoms with E-state index in [0.29, 0.717) is 5.69 Å². The Morgan fingerprint density at radius 2 is 1.83 bits per heavy atom. The summed E-state index contributed by atoms with van der Waals surface area (Å²) in [5.74, 6) is 0.214. The Labute approximate surface area is 139 Å². The van der Waals surface area contributed by atoms with Crippen LogP contribution in [0.25, 0.3) is 0 Å². The highest BCUT2D eigenvalue weighted by Crippen LogP contribution is 2.23. The van der Waals surface area contributed by atoms with Crippen molar-refractivity contribution in [2.75, 3.05) is 12.4 Å². The summed E-state index contributed by atoms with van der Waals surface area (Å²) in [6.07, 6.45) is 0. The van der Waals surface area contributed by atoms with Gasteiger partial charge in [-0.15, -0.1) is 0 Å². The first-order valence-electron chi connectivity index (χ1n) is 7.00. The zero-order valence-corrected chi connectivity index (χ0v) is 13.9. The smallest absolute Gasteiger partial charge is 0.319 e. The topological polar surface area (TPSA) is 50.4 Å². The highest BCUT2D eigenvalue weighted by Gasteiger charge is 2.23. The molecule has 2 aromatic carbocycles. The molecule has 0 spiro atoms. The van der Waals surface area contributed by atoms with Crippen LogP contribution in [-0.4, -0.2) is 13.1 Å². The van der Waals surface area contributed by atoms with Crippen molar-refractivity contribution in [2.45, 2.75) is 19.4 Å². The van der Waals surface area contributed by atoms with Gasteiger partial charge < -0.3 is 15.4 Å². The molecular formula is C17H18ClFN2O2. The van der Waals surface area contributed by atoms with Crippen molar-refractivity contribution in [1.82, 2.24) is 5.32 Å². The third kappa shape index (κ3) is 4.36. The second-order valence-electron chi connectivity index (χ2n) is 5.56. The molecule has 2 N–H and O–H groups in total. The summed E-state index contributed by atoms with van der Waals surface area (Å²) < 4.78 is 18.2. The molecule has 6 heteroatoms. The van der Waals surface area contributed by atoms with Gasteiger partial charge in [-0.2, -0.15) is 0 Å². The summed E-state index contributed by atoms with van der Waals surface area (Å²) in [5.41, 5.74) is 0.741. The number of hydrogen-bond acceptors (Lipinski definition) is 2. The lowest BCUT2D eigenvalue weighted by Crippen LogP contribution is -2.43. The van der Waals surface area contributed by atoms with Crippen molar-refractivity contribution >= 4 is 23.3 Å². The molecule has 0 aliphatic carbocycles. The zero-order chi connectivity index (χ0) is 17.0. The van der Waals surface area contributed by atoms with Crippen LogP contribution in [0.3, 0.4) is 0 Å². The van der Waals surface area contributed by atoms with Gasteiger partial charge in [0.25, 0.3) is 0 Å². The number of ether oxygens (including phenoxy) is 1. The van der Waals surface area contributed by atoms with Crippen molar-refractivity contribution < 1.29 is 13.9 Å². The third-order valence-corrected chi connectivity index (χ3v) is 3.70. The number of hydrogen-bond donors (Lipinski definition) is 2. The van der Waals surface area contributed by atoms with Gasteiger partial charge in [0.05, 0.1) is 17.7 Å². The second kappa shape index (κ2) is 6.87. The average Bonchev–Trinajstić information content (AvgIpc) is 2.50. The van der Waals surface area contributed by atoms with Crippen LogP contribution in [0.5, 0.6) is 5.75 Å². The number of carbonyl (C=O) groups excluding carboxylic acids is 1. The molecule has 122 valence electrons. The van der Waals surface area contributed by atoms with Crippen molar-refractivity contribution in [3.63, 3.8) is 0 Å². The Morgan fingerprint density at radius 1 is 1.17 bits per heavy atom. The van der Waals surface area contributed by atoms with E-state index in [1.807, 2.05) is 38.1 Å². The van der Waals surface area contributed by atoms with Crippen molar-refractivity contribution in [2.24, 2.45) is 0 Å². The van der Waals surface area contributed by atoms with Gasteiger partial charge in [0.15, 0.2) is 0 Å². The SMILES string of the molecule is COc1ccc(C(C)(C)NC(=O)Nc2ccc(F)c(Cl)c2)cc1. The molecular weight excluding hydrogens is 319 g/mol. The lowest BCUT2D eigenvalue weighted by Gasteiger charge is -2.27. The van der Waals surface area contributed by atoms with E-state index in [9.17, 15) is 9.18 Å². The molecule has 2 aromatic rings. The molecule has 0 aliphatic heterocycles. The number of anilines is 1. The minimum Gasteiger partial charge on any atom is -0.497 e. The molecule has 2 amide bonds. The van der Waals surface area contributed by atoms with Gasteiger partial charge in [0.2, 0.25) is 0 Å². The number of nitrogens with one attached hydrogen (secondary N) is 2. The van der Waals surface area contributed by atoms with E-state index in [0.717, 1.165) is 11.3 Å². The van der Waals surface area contributed by atoms with Crippen LogP contribution in [-0.2, 0) is 5.54 Å². The number of urea groups is 1. The molecule has 0 unspecified atom stereocenters. The molecule has 0 saturated heterocycles. The Hall–Kier alpha value is -2.27. The molecule has 0 aliphatic rings. The van der Waals surface area contributed by atoms with Gasteiger partial charge in [0.1, 0.15) is 11.6 Å². The number of carbonyl (C=O) groups is 1. The molecule has 0 atom stereocenters. The van der Waals surface area contributed by atoms with E-state index in [4.69, 9.17) is 16.3 Å². The first-order valence-corrected chi connectivity index (χ1v) is 7.38. The molecule has 0 aromatic heterocycles. The van der Waals surface area contributed by atoms with Crippen LogP contribution < -0.4 is 15.4 Å². The average molecular weight is 337 g/mol. The predicted octanol–water partition coefficient (Wildman–Crippen LogP) is 4.54. The summed E-state index contributed by atoms with van der Waals surface area (Å²) >= 11 is 5.70. The molecule has 0 saturated carbocycles. The first kappa shape index (κ1) is 17.1. The van der Waals surface area contributed by atoms with Gasteiger partial charge in [-0.1, -0.05) is 23.7 Å². The van der Waals surface area contributed by atoms with Gasteiger partial charge in [-0.05, 0) is 49.7 Å². The molecule has 0 fully saturated rings. The van der Waals surface area contributed by atoms with Crippen LogP contribution in [0, 0.1) is 5.82 Å². The van der Waals surface area contributed by atoms with Crippen LogP contribution >= 0.6 is 11.6 Å². The van der Waals surface area contributed by atoms with E-state index < -0.39 is 17.4 Å². The van der Waals surface area contributed by atoms with Gasteiger partial charge in [-0.25, -0.2) is 9.18 Å². The monoisotopic (exact) mass is 336 g/mol. The number of methoxy groups -OCH3 is 1. The number of amides is 2. The van der Waals surface area contributed by atoms with E-state index in [-0.39, 0.29) is 5.02 Å². The van der Waals surface area contributed by atoms with E-state index >= 15 is 0 Å². The van der Waals surface area contributed by atoms with Crippen LogP contribution in [0.4, 0.5) is 14.9 Å². The maximum absolute atomic E-state index is 13.1. The standard InChI is InChI=1S/C17H18ClFN2O2/c1-17(2,11-4-7-13(23-3)8-5-11)21-16(22)20-12-6-9-15(19)14(18)10-12/h4-10H,1-3H3,(H2,20,21,22). The Kier molecular flexibility index (Phi) is 5.11. The molecule has 2 rings (SSSR count). The minimum absolute atomic E-state index is 0.0442. The summed E-state index contributed by atoms with van der Waals surface area (Å²) in [7, 11) is 1.60. The van der Waals surface area contributed by atoms with Crippen LogP contribution in [0.1, 0.15) is 19.4 Å². The Bertz CT molecular complexity index is 702. The van der Waals surface area contributed by atoms with Gasteiger partial charge >= 0.3 is 6.03 Å². The fraction of sp³-hybridized carbons (Fsp3) is 0.235. The minimum atomic E-state index is -0.597. The summed E-state index contributed by atoms with van der Waals surface area (Å²) in [6, 6.07) is 11.0. The fourth-order valence-electron chi connectivity index (χ4n) is 2.10. The van der Waals surface area contributed by atoms with Gasteiger partial charge in [-0.3, -0.25) is 0 Å². The van der Waals surface area contributed by atoms with E-state index in [1.165, 1.54) is 18.2 Å².